The van der Waals surface area contributed by atoms with E-state index in [1.54, 1.807) is 0 Å². The first-order valence-electron chi connectivity index (χ1n) is 7.99. The average Bonchev–Trinajstić information content (AvgIpc) is 2.49. The van der Waals surface area contributed by atoms with E-state index in [0.29, 0.717) is 11.7 Å². The summed E-state index contributed by atoms with van der Waals surface area (Å²) >= 11 is 0. The molecule has 0 spiro atoms. The van der Waals surface area contributed by atoms with Crippen LogP contribution in [0.3, 0.4) is 0 Å². The molecule has 1 fully saturated rings. The number of fused-ring (bicyclic) bond motifs is 1. The number of hydrogen-bond acceptors (Lipinski definition) is 2. The van der Waals surface area contributed by atoms with Crippen molar-refractivity contribution in [1.29, 1.82) is 0 Å². The molecule has 4 atom stereocenters. The van der Waals surface area contributed by atoms with E-state index >= 15 is 0 Å². The Hall–Kier alpha value is -1.15. The predicted molar refractivity (Wildman–Crippen MR) is 81.6 cm³/mol. The van der Waals surface area contributed by atoms with Gasteiger partial charge in [-0.1, -0.05) is 38.1 Å². The van der Waals surface area contributed by atoms with Crippen LogP contribution in [0.15, 0.2) is 24.3 Å². The second kappa shape index (κ2) is 5.69. The molecule has 0 amide bonds. The van der Waals surface area contributed by atoms with Crippen LogP contribution in [0.5, 0.6) is 0 Å². The second-order valence-electron chi connectivity index (χ2n) is 6.75. The maximum Gasteiger partial charge on any atom is 0.144 e. The van der Waals surface area contributed by atoms with Crippen LogP contribution in [0, 0.1) is 17.8 Å². The van der Waals surface area contributed by atoms with Crippen LogP contribution in [0.25, 0.3) is 0 Å². The molecule has 2 heteroatoms. The normalized spacial score (nSPS) is 33.5. The van der Waals surface area contributed by atoms with Gasteiger partial charge in [-0.2, -0.15) is 0 Å². The smallest absolute Gasteiger partial charge is 0.144 e. The Kier molecular flexibility index (Phi) is 3.93. The molecule has 1 aromatic rings. The number of rotatable bonds is 2. The fourth-order valence-electron chi connectivity index (χ4n) is 3.84. The number of carbonyl (C=O) groups is 1. The van der Waals surface area contributed by atoms with Crippen molar-refractivity contribution in [3.05, 3.63) is 35.4 Å². The third-order valence-electron chi connectivity index (χ3n) is 5.44. The molecule has 0 radical (unpaired) electrons. The second-order valence-corrected chi connectivity index (χ2v) is 6.75. The summed E-state index contributed by atoms with van der Waals surface area (Å²) in [5, 5.41) is 3.41. The van der Waals surface area contributed by atoms with E-state index in [4.69, 9.17) is 0 Å². The highest BCUT2D eigenvalue weighted by Crippen LogP contribution is 2.37. The van der Waals surface area contributed by atoms with Gasteiger partial charge >= 0.3 is 0 Å². The quantitative estimate of drug-likeness (QED) is 0.891. The van der Waals surface area contributed by atoms with Gasteiger partial charge in [-0.25, -0.2) is 0 Å². The third-order valence-corrected chi connectivity index (χ3v) is 5.44. The van der Waals surface area contributed by atoms with Crippen LogP contribution < -0.4 is 5.32 Å². The molecule has 1 aliphatic carbocycles. The van der Waals surface area contributed by atoms with E-state index in [-0.39, 0.29) is 11.8 Å². The summed E-state index contributed by atoms with van der Waals surface area (Å²) < 4.78 is 0. The van der Waals surface area contributed by atoms with E-state index in [9.17, 15) is 4.79 Å². The minimum Gasteiger partial charge on any atom is -0.312 e. The molecule has 1 aromatic carbocycles. The fourth-order valence-corrected chi connectivity index (χ4v) is 3.84. The van der Waals surface area contributed by atoms with Crippen molar-refractivity contribution < 1.29 is 4.79 Å². The molecule has 1 heterocycles. The largest absolute Gasteiger partial charge is 0.312 e. The zero-order valence-electron chi connectivity index (χ0n) is 12.6. The molecule has 3 rings (SSSR count). The van der Waals surface area contributed by atoms with Gasteiger partial charge in [-0.15, -0.1) is 0 Å². The lowest BCUT2D eigenvalue weighted by Gasteiger charge is -2.34. The van der Waals surface area contributed by atoms with Crippen molar-refractivity contribution in [3.63, 3.8) is 0 Å². The van der Waals surface area contributed by atoms with E-state index in [2.05, 4.69) is 43.4 Å². The van der Waals surface area contributed by atoms with Crippen LogP contribution in [-0.4, -0.2) is 12.3 Å². The minimum atomic E-state index is 0.0746. The van der Waals surface area contributed by atoms with Gasteiger partial charge < -0.3 is 5.32 Å². The Balaban J connectivity index is 1.78. The Morgan fingerprint density at radius 3 is 2.75 bits per heavy atom. The SMILES string of the molecule is CC1CCC(C(=O)C2CNCc3ccccc32)CC1C. The summed E-state index contributed by atoms with van der Waals surface area (Å²) in [5.74, 6) is 2.29. The molecule has 2 aliphatic rings. The summed E-state index contributed by atoms with van der Waals surface area (Å²) in [6.07, 6.45) is 3.38. The van der Waals surface area contributed by atoms with Gasteiger partial charge in [-0.3, -0.25) is 4.79 Å². The van der Waals surface area contributed by atoms with Crippen LogP contribution in [0.4, 0.5) is 0 Å². The number of ketones is 1. The van der Waals surface area contributed by atoms with Crippen molar-refractivity contribution in [3.8, 4) is 0 Å². The van der Waals surface area contributed by atoms with Crippen LogP contribution in [0.1, 0.15) is 50.2 Å². The summed E-state index contributed by atoms with van der Waals surface area (Å²) in [5.41, 5.74) is 2.57. The molecule has 1 aliphatic heterocycles. The molecule has 0 saturated heterocycles. The number of hydrogen-bond donors (Lipinski definition) is 1. The molecular weight excluding hydrogens is 246 g/mol. The van der Waals surface area contributed by atoms with Gasteiger partial charge in [0.2, 0.25) is 0 Å². The molecule has 20 heavy (non-hydrogen) atoms. The molecule has 0 aromatic heterocycles. The highest BCUT2D eigenvalue weighted by atomic mass is 16.1. The van der Waals surface area contributed by atoms with Crippen LogP contribution >= 0.6 is 0 Å². The summed E-state index contributed by atoms with van der Waals surface area (Å²) in [6.45, 7) is 6.34. The molecule has 4 unspecified atom stereocenters. The van der Waals surface area contributed by atoms with Gasteiger partial charge in [0.1, 0.15) is 5.78 Å². The highest BCUT2D eigenvalue weighted by Gasteiger charge is 2.35. The molecule has 1 saturated carbocycles. The maximum absolute atomic E-state index is 12.9. The first-order chi connectivity index (χ1) is 9.66. The van der Waals surface area contributed by atoms with Gasteiger partial charge in [0.25, 0.3) is 0 Å². The summed E-state index contributed by atoms with van der Waals surface area (Å²) in [7, 11) is 0. The van der Waals surface area contributed by atoms with Crippen LogP contribution in [-0.2, 0) is 11.3 Å². The lowest BCUT2D eigenvalue weighted by atomic mass is 9.71. The molecule has 108 valence electrons. The standard InChI is InChI=1S/C18H25NO/c1-12-7-8-14(9-13(12)2)18(20)17-11-19-10-15-5-3-4-6-16(15)17/h3-6,12-14,17,19H,7-11H2,1-2H3. The Morgan fingerprint density at radius 2 is 1.95 bits per heavy atom. The predicted octanol–water partition coefficient (Wildman–Crippen LogP) is 3.51. The van der Waals surface area contributed by atoms with Gasteiger partial charge in [0, 0.05) is 19.0 Å². The Labute approximate surface area is 122 Å². The van der Waals surface area contributed by atoms with Crippen LogP contribution in [0.2, 0.25) is 0 Å². The lowest BCUT2D eigenvalue weighted by Crippen LogP contribution is -2.37. The van der Waals surface area contributed by atoms with Crippen molar-refractivity contribution >= 4 is 5.78 Å². The van der Waals surface area contributed by atoms with Crippen molar-refractivity contribution in [1.82, 2.24) is 5.32 Å². The summed E-state index contributed by atoms with van der Waals surface area (Å²) in [4.78, 5) is 12.9. The molecule has 0 bridgehead atoms. The lowest BCUT2D eigenvalue weighted by molar-refractivity contribution is -0.126. The fraction of sp³-hybridized carbons (Fsp3) is 0.611. The van der Waals surface area contributed by atoms with E-state index in [0.717, 1.165) is 31.8 Å². The van der Waals surface area contributed by atoms with E-state index in [1.165, 1.54) is 17.5 Å². The first kappa shape index (κ1) is 13.8. The van der Waals surface area contributed by atoms with Crippen molar-refractivity contribution in [2.75, 3.05) is 6.54 Å². The number of carbonyl (C=O) groups excluding carboxylic acids is 1. The van der Waals surface area contributed by atoms with Crippen molar-refractivity contribution in [2.24, 2.45) is 17.8 Å². The molecule has 1 N–H and O–H groups in total. The number of Topliss-reactive ketones (excluding diaryl/α,β-unsaturated/α-hetero) is 1. The van der Waals surface area contributed by atoms with E-state index < -0.39 is 0 Å². The number of benzene rings is 1. The zero-order valence-corrected chi connectivity index (χ0v) is 12.6. The first-order valence-corrected chi connectivity index (χ1v) is 7.99. The summed E-state index contributed by atoms with van der Waals surface area (Å²) in [6, 6.07) is 8.43. The monoisotopic (exact) mass is 271 g/mol. The average molecular weight is 271 g/mol. The van der Waals surface area contributed by atoms with Gasteiger partial charge in [-0.05, 0) is 42.2 Å². The third kappa shape index (κ3) is 2.54. The maximum atomic E-state index is 12.9. The van der Waals surface area contributed by atoms with E-state index in [1.807, 2.05) is 0 Å². The van der Waals surface area contributed by atoms with Gasteiger partial charge in [0.15, 0.2) is 0 Å². The highest BCUT2D eigenvalue weighted by molar-refractivity contribution is 5.88. The van der Waals surface area contributed by atoms with Gasteiger partial charge in [0.05, 0.1) is 5.92 Å². The zero-order chi connectivity index (χ0) is 14.1. The Morgan fingerprint density at radius 1 is 1.15 bits per heavy atom. The topological polar surface area (TPSA) is 29.1 Å². The Bertz CT molecular complexity index is 496. The molecular formula is C18H25NO. The number of nitrogens with one attached hydrogen (secondary N) is 1. The van der Waals surface area contributed by atoms with Crippen molar-refractivity contribution in [2.45, 2.75) is 45.6 Å². The molecule has 2 nitrogen and oxygen atoms in total. The minimum absolute atomic E-state index is 0.0746.